The van der Waals surface area contributed by atoms with Crippen molar-refractivity contribution >= 4 is 0 Å². The standard InChI is InChI=1S/C7H12F2O/c8-7(9)3-1-2-6(4-7)5-10/h6,10H,1-5H2/t6-/m0/s1. The van der Waals surface area contributed by atoms with Crippen molar-refractivity contribution in [2.45, 2.75) is 31.6 Å². The molecule has 0 bridgehead atoms. The summed E-state index contributed by atoms with van der Waals surface area (Å²) in [7, 11) is 0. The Morgan fingerprint density at radius 2 is 2.20 bits per heavy atom. The van der Waals surface area contributed by atoms with Gasteiger partial charge in [0, 0.05) is 19.4 Å². The average molecular weight is 150 g/mol. The van der Waals surface area contributed by atoms with Crippen LogP contribution < -0.4 is 0 Å². The van der Waals surface area contributed by atoms with Crippen molar-refractivity contribution in [2.24, 2.45) is 5.92 Å². The Morgan fingerprint density at radius 1 is 1.50 bits per heavy atom. The van der Waals surface area contributed by atoms with Gasteiger partial charge >= 0.3 is 0 Å². The lowest BCUT2D eigenvalue weighted by Crippen LogP contribution is -2.27. The van der Waals surface area contributed by atoms with Crippen molar-refractivity contribution in [1.29, 1.82) is 0 Å². The molecule has 1 aliphatic carbocycles. The van der Waals surface area contributed by atoms with E-state index in [1.54, 1.807) is 0 Å². The topological polar surface area (TPSA) is 20.2 Å². The number of hydrogen-bond acceptors (Lipinski definition) is 1. The highest BCUT2D eigenvalue weighted by Crippen LogP contribution is 2.36. The van der Waals surface area contributed by atoms with Crippen LogP contribution in [0.1, 0.15) is 25.7 Å². The van der Waals surface area contributed by atoms with E-state index < -0.39 is 5.92 Å². The fourth-order valence-electron chi connectivity index (χ4n) is 1.43. The monoisotopic (exact) mass is 150 g/mol. The molecule has 0 aromatic rings. The summed E-state index contributed by atoms with van der Waals surface area (Å²) in [6, 6.07) is 0. The first kappa shape index (κ1) is 7.92. The second kappa shape index (κ2) is 2.82. The van der Waals surface area contributed by atoms with Crippen LogP contribution in [0.3, 0.4) is 0 Å². The average Bonchev–Trinajstić information content (AvgIpc) is 1.86. The van der Waals surface area contributed by atoms with Gasteiger partial charge in [-0.25, -0.2) is 8.78 Å². The van der Waals surface area contributed by atoms with E-state index in [0.717, 1.165) is 6.42 Å². The SMILES string of the molecule is OC[C@H]1CCCC(F)(F)C1. The molecule has 1 N–H and O–H groups in total. The predicted molar refractivity (Wildman–Crippen MR) is 34.0 cm³/mol. The third-order valence-electron chi connectivity index (χ3n) is 2.00. The highest BCUT2D eigenvalue weighted by molar-refractivity contribution is 4.77. The molecule has 1 nitrogen and oxygen atoms in total. The van der Waals surface area contributed by atoms with Crippen molar-refractivity contribution in [3.8, 4) is 0 Å². The van der Waals surface area contributed by atoms with Crippen molar-refractivity contribution in [2.75, 3.05) is 6.61 Å². The van der Waals surface area contributed by atoms with Crippen LogP contribution in [-0.4, -0.2) is 17.6 Å². The second-order valence-electron chi connectivity index (χ2n) is 3.00. The van der Waals surface area contributed by atoms with Gasteiger partial charge in [0.05, 0.1) is 0 Å². The molecule has 0 aromatic heterocycles. The van der Waals surface area contributed by atoms with Gasteiger partial charge in [0.15, 0.2) is 0 Å². The summed E-state index contributed by atoms with van der Waals surface area (Å²) < 4.78 is 25.1. The summed E-state index contributed by atoms with van der Waals surface area (Å²) in [5.74, 6) is -2.67. The van der Waals surface area contributed by atoms with Crippen molar-refractivity contribution in [3.05, 3.63) is 0 Å². The van der Waals surface area contributed by atoms with Gasteiger partial charge in [0.25, 0.3) is 0 Å². The van der Waals surface area contributed by atoms with Crippen LogP contribution in [0.25, 0.3) is 0 Å². The molecular weight excluding hydrogens is 138 g/mol. The maximum Gasteiger partial charge on any atom is 0.248 e. The zero-order valence-electron chi connectivity index (χ0n) is 5.82. The third kappa shape index (κ3) is 1.90. The van der Waals surface area contributed by atoms with E-state index >= 15 is 0 Å². The normalized spacial score (nSPS) is 32.1. The van der Waals surface area contributed by atoms with Gasteiger partial charge in [-0.1, -0.05) is 0 Å². The van der Waals surface area contributed by atoms with Crippen molar-refractivity contribution < 1.29 is 13.9 Å². The Labute approximate surface area is 59.0 Å². The van der Waals surface area contributed by atoms with Gasteiger partial charge in [-0.05, 0) is 18.8 Å². The number of rotatable bonds is 1. The largest absolute Gasteiger partial charge is 0.396 e. The summed E-state index contributed by atoms with van der Waals surface area (Å²) >= 11 is 0. The quantitative estimate of drug-likeness (QED) is 0.604. The van der Waals surface area contributed by atoms with Crippen LogP contribution in [0.4, 0.5) is 8.78 Å². The highest BCUT2D eigenvalue weighted by Gasteiger charge is 2.35. The minimum Gasteiger partial charge on any atom is -0.396 e. The van der Waals surface area contributed by atoms with E-state index in [2.05, 4.69) is 0 Å². The lowest BCUT2D eigenvalue weighted by molar-refractivity contribution is -0.0602. The van der Waals surface area contributed by atoms with E-state index in [4.69, 9.17) is 5.11 Å². The van der Waals surface area contributed by atoms with Crippen LogP contribution in [0.2, 0.25) is 0 Å². The molecule has 0 heterocycles. The molecule has 1 fully saturated rings. The Balaban J connectivity index is 2.40. The van der Waals surface area contributed by atoms with Gasteiger partial charge in [0.2, 0.25) is 5.92 Å². The number of halogens is 2. The summed E-state index contributed by atoms with van der Waals surface area (Å²) in [6.45, 7) is -0.0877. The minimum absolute atomic E-state index is 0.00347. The van der Waals surface area contributed by atoms with Crippen LogP contribution >= 0.6 is 0 Å². The predicted octanol–water partition coefficient (Wildman–Crippen LogP) is 1.80. The molecule has 0 saturated heterocycles. The zero-order valence-corrected chi connectivity index (χ0v) is 5.82. The second-order valence-corrected chi connectivity index (χ2v) is 3.00. The summed E-state index contributed by atoms with van der Waals surface area (Å²) in [6.07, 6.45) is 1.19. The fourth-order valence-corrected chi connectivity index (χ4v) is 1.43. The number of aliphatic hydroxyl groups excluding tert-OH is 1. The van der Waals surface area contributed by atoms with E-state index in [9.17, 15) is 8.78 Å². The molecule has 1 rings (SSSR count). The molecule has 3 heteroatoms. The van der Waals surface area contributed by atoms with E-state index in [-0.39, 0.29) is 25.4 Å². The Morgan fingerprint density at radius 3 is 2.60 bits per heavy atom. The number of alkyl halides is 2. The zero-order chi connectivity index (χ0) is 7.61. The maximum absolute atomic E-state index is 12.5. The molecular formula is C7H12F2O. The van der Waals surface area contributed by atoms with Gasteiger partial charge in [0.1, 0.15) is 0 Å². The first-order valence-corrected chi connectivity index (χ1v) is 3.63. The van der Waals surface area contributed by atoms with E-state index in [0.29, 0.717) is 6.42 Å². The van der Waals surface area contributed by atoms with Gasteiger partial charge in [-0.3, -0.25) is 0 Å². The molecule has 0 aromatic carbocycles. The Kier molecular flexibility index (Phi) is 2.24. The molecule has 60 valence electrons. The lowest BCUT2D eigenvalue weighted by Gasteiger charge is -2.27. The molecule has 0 spiro atoms. The Bertz CT molecular complexity index is 114. The molecule has 0 unspecified atom stereocenters. The maximum atomic E-state index is 12.5. The summed E-state index contributed by atoms with van der Waals surface area (Å²) in [4.78, 5) is 0. The third-order valence-corrected chi connectivity index (χ3v) is 2.00. The Hall–Kier alpha value is -0.180. The fraction of sp³-hybridized carbons (Fsp3) is 1.00. The van der Waals surface area contributed by atoms with E-state index in [1.807, 2.05) is 0 Å². The van der Waals surface area contributed by atoms with E-state index in [1.165, 1.54) is 0 Å². The van der Waals surface area contributed by atoms with Crippen LogP contribution in [0.5, 0.6) is 0 Å². The number of hydrogen-bond donors (Lipinski definition) is 1. The van der Waals surface area contributed by atoms with Crippen LogP contribution in [-0.2, 0) is 0 Å². The molecule has 1 saturated carbocycles. The lowest BCUT2D eigenvalue weighted by atomic mass is 9.87. The van der Waals surface area contributed by atoms with Crippen LogP contribution in [0.15, 0.2) is 0 Å². The number of aliphatic hydroxyl groups is 1. The first-order valence-electron chi connectivity index (χ1n) is 3.63. The minimum atomic E-state index is -2.51. The van der Waals surface area contributed by atoms with Gasteiger partial charge in [-0.15, -0.1) is 0 Å². The van der Waals surface area contributed by atoms with Crippen molar-refractivity contribution in [1.82, 2.24) is 0 Å². The molecule has 0 amide bonds. The molecule has 0 aliphatic heterocycles. The van der Waals surface area contributed by atoms with Gasteiger partial charge in [-0.2, -0.15) is 0 Å². The molecule has 1 aliphatic rings. The molecule has 0 radical (unpaired) electrons. The van der Waals surface area contributed by atoms with Gasteiger partial charge < -0.3 is 5.11 Å². The summed E-state index contributed by atoms with van der Waals surface area (Å²) in [5, 5.41) is 8.59. The van der Waals surface area contributed by atoms with Crippen molar-refractivity contribution in [3.63, 3.8) is 0 Å². The van der Waals surface area contributed by atoms with Crippen LogP contribution in [0, 0.1) is 5.92 Å². The first-order chi connectivity index (χ1) is 4.64. The summed E-state index contributed by atoms with van der Waals surface area (Å²) in [5.41, 5.74) is 0. The molecule has 1 atom stereocenters. The molecule has 10 heavy (non-hydrogen) atoms. The highest BCUT2D eigenvalue weighted by atomic mass is 19.3. The smallest absolute Gasteiger partial charge is 0.248 e.